The van der Waals surface area contributed by atoms with Crippen LogP contribution in [0.3, 0.4) is 0 Å². The van der Waals surface area contributed by atoms with Gasteiger partial charge in [0.1, 0.15) is 0 Å². The second-order valence-electron chi connectivity index (χ2n) is 3.52. The minimum absolute atomic E-state index is 0.261. The molecule has 4 heteroatoms. The van der Waals surface area contributed by atoms with Crippen LogP contribution in [0.4, 0.5) is 4.39 Å². The molecule has 0 saturated carbocycles. The maximum atomic E-state index is 12.8. The molecular weight excluding hydrogens is 181 g/mol. The van der Waals surface area contributed by atoms with E-state index in [9.17, 15) is 4.39 Å². The van der Waals surface area contributed by atoms with Gasteiger partial charge in [-0.2, -0.15) is 4.39 Å². The maximum absolute atomic E-state index is 12.8. The molecule has 1 aliphatic rings. The Balaban J connectivity index is 2.22. The SMILES string of the molecule is Cc1nc(F)ccc1[C@@H]1CNCCN1. The van der Waals surface area contributed by atoms with Gasteiger partial charge < -0.3 is 10.6 Å². The predicted octanol–water partition coefficient (Wildman–Crippen LogP) is 0.763. The Labute approximate surface area is 82.7 Å². The van der Waals surface area contributed by atoms with Crippen molar-refractivity contribution >= 4 is 0 Å². The highest BCUT2D eigenvalue weighted by Crippen LogP contribution is 2.16. The lowest BCUT2D eigenvalue weighted by molar-refractivity contribution is 0.426. The van der Waals surface area contributed by atoms with Crippen LogP contribution >= 0.6 is 0 Å². The highest BCUT2D eigenvalue weighted by molar-refractivity contribution is 5.23. The number of hydrogen-bond donors (Lipinski definition) is 2. The van der Waals surface area contributed by atoms with Gasteiger partial charge in [0.15, 0.2) is 0 Å². The van der Waals surface area contributed by atoms with E-state index >= 15 is 0 Å². The van der Waals surface area contributed by atoms with Crippen molar-refractivity contribution < 1.29 is 4.39 Å². The Bertz CT molecular complexity index is 321. The molecule has 0 amide bonds. The van der Waals surface area contributed by atoms with E-state index in [-0.39, 0.29) is 6.04 Å². The number of aromatic nitrogens is 1. The molecule has 1 aromatic rings. The molecule has 0 aromatic carbocycles. The van der Waals surface area contributed by atoms with Crippen molar-refractivity contribution in [1.82, 2.24) is 15.6 Å². The van der Waals surface area contributed by atoms with E-state index in [1.54, 1.807) is 0 Å². The monoisotopic (exact) mass is 195 g/mol. The molecule has 1 saturated heterocycles. The quantitative estimate of drug-likeness (QED) is 0.650. The minimum Gasteiger partial charge on any atom is -0.314 e. The first kappa shape index (κ1) is 9.55. The Morgan fingerprint density at radius 1 is 1.43 bits per heavy atom. The standard InChI is InChI=1S/C10H14FN3/c1-7-8(2-3-10(11)14-7)9-6-12-4-5-13-9/h2-3,9,12-13H,4-6H2,1H3/t9-/m0/s1. The van der Waals surface area contributed by atoms with Crippen LogP contribution in [0.1, 0.15) is 17.3 Å². The third-order valence-corrected chi connectivity index (χ3v) is 2.51. The summed E-state index contributed by atoms with van der Waals surface area (Å²) < 4.78 is 12.8. The second kappa shape index (κ2) is 4.02. The van der Waals surface area contributed by atoms with E-state index in [0.29, 0.717) is 0 Å². The fourth-order valence-corrected chi connectivity index (χ4v) is 1.78. The fourth-order valence-electron chi connectivity index (χ4n) is 1.78. The van der Waals surface area contributed by atoms with E-state index in [4.69, 9.17) is 0 Å². The van der Waals surface area contributed by atoms with Gasteiger partial charge in [-0.3, -0.25) is 0 Å². The molecule has 0 spiro atoms. The molecule has 0 bridgehead atoms. The smallest absolute Gasteiger partial charge is 0.213 e. The maximum Gasteiger partial charge on any atom is 0.213 e. The van der Waals surface area contributed by atoms with Crippen LogP contribution in [0.5, 0.6) is 0 Å². The Morgan fingerprint density at radius 3 is 2.93 bits per heavy atom. The minimum atomic E-state index is -0.407. The summed E-state index contributed by atoms with van der Waals surface area (Å²) in [6.07, 6.45) is 0. The second-order valence-corrected chi connectivity index (χ2v) is 3.52. The normalized spacial score (nSPS) is 22.3. The fraction of sp³-hybridized carbons (Fsp3) is 0.500. The van der Waals surface area contributed by atoms with Gasteiger partial charge in [-0.25, -0.2) is 4.98 Å². The lowest BCUT2D eigenvalue weighted by Gasteiger charge is -2.25. The van der Waals surface area contributed by atoms with Crippen LogP contribution in [0.15, 0.2) is 12.1 Å². The van der Waals surface area contributed by atoms with Crippen molar-refractivity contribution in [3.05, 3.63) is 29.3 Å². The summed E-state index contributed by atoms with van der Waals surface area (Å²) in [4.78, 5) is 3.81. The zero-order chi connectivity index (χ0) is 9.97. The van der Waals surface area contributed by atoms with Gasteiger partial charge in [-0.1, -0.05) is 6.07 Å². The molecule has 0 aliphatic carbocycles. The lowest BCUT2D eigenvalue weighted by Crippen LogP contribution is -2.42. The predicted molar refractivity (Wildman–Crippen MR) is 52.5 cm³/mol. The molecule has 1 atom stereocenters. The summed E-state index contributed by atoms with van der Waals surface area (Å²) in [6.45, 7) is 4.66. The number of aryl methyl sites for hydroxylation is 1. The van der Waals surface area contributed by atoms with Gasteiger partial charge in [0.25, 0.3) is 0 Å². The number of piperazine rings is 1. The van der Waals surface area contributed by atoms with Gasteiger partial charge in [0.2, 0.25) is 5.95 Å². The zero-order valence-corrected chi connectivity index (χ0v) is 8.18. The van der Waals surface area contributed by atoms with E-state index in [0.717, 1.165) is 30.9 Å². The number of nitrogens with zero attached hydrogens (tertiary/aromatic N) is 1. The molecule has 0 radical (unpaired) electrons. The first-order valence-electron chi connectivity index (χ1n) is 4.84. The van der Waals surface area contributed by atoms with Crippen molar-refractivity contribution in [1.29, 1.82) is 0 Å². The van der Waals surface area contributed by atoms with Crippen molar-refractivity contribution in [3.8, 4) is 0 Å². The number of nitrogens with one attached hydrogen (secondary N) is 2. The largest absolute Gasteiger partial charge is 0.314 e. The molecule has 1 fully saturated rings. The van der Waals surface area contributed by atoms with Gasteiger partial charge in [-0.05, 0) is 18.6 Å². The first-order valence-corrected chi connectivity index (χ1v) is 4.84. The number of rotatable bonds is 1. The summed E-state index contributed by atoms with van der Waals surface area (Å²) in [5.41, 5.74) is 1.85. The molecule has 1 aliphatic heterocycles. The average molecular weight is 195 g/mol. The van der Waals surface area contributed by atoms with Gasteiger partial charge >= 0.3 is 0 Å². The van der Waals surface area contributed by atoms with Crippen molar-refractivity contribution in [3.63, 3.8) is 0 Å². The summed E-state index contributed by atoms with van der Waals surface area (Å²) in [5, 5.41) is 6.66. The van der Waals surface area contributed by atoms with Crippen molar-refractivity contribution in [2.75, 3.05) is 19.6 Å². The summed E-state index contributed by atoms with van der Waals surface area (Å²) in [5.74, 6) is -0.407. The van der Waals surface area contributed by atoms with E-state index < -0.39 is 5.95 Å². The zero-order valence-electron chi connectivity index (χ0n) is 8.18. The van der Waals surface area contributed by atoms with E-state index in [2.05, 4.69) is 15.6 Å². The van der Waals surface area contributed by atoms with Crippen LogP contribution in [0.25, 0.3) is 0 Å². The average Bonchev–Trinajstić information content (AvgIpc) is 2.19. The van der Waals surface area contributed by atoms with Crippen LogP contribution in [0.2, 0.25) is 0 Å². The molecular formula is C10H14FN3. The third kappa shape index (κ3) is 1.91. The molecule has 76 valence electrons. The topological polar surface area (TPSA) is 37.0 Å². The van der Waals surface area contributed by atoms with E-state index in [1.165, 1.54) is 6.07 Å². The van der Waals surface area contributed by atoms with Crippen LogP contribution in [-0.2, 0) is 0 Å². The van der Waals surface area contributed by atoms with Crippen LogP contribution < -0.4 is 10.6 Å². The Morgan fingerprint density at radius 2 is 2.29 bits per heavy atom. The molecule has 2 rings (SSSR count). The highest BCUT2D eigenvalue weighted by Gasteiger charge is 2.16. The highest BCUT2D eigenvalue weighted by atomic mass is 19.1. The number of hydrogen-bond acceptors (Lipinski definition) is 3. The Hall–Kier alpha value is -1.00. The molecule has 14 heavy (non-hydrogen) atoms. The summed E-state index contributed by atoms with van der Waals surface area (Å²) >= 11 is 0. The molecule has 2 heterocycles. The van der Waals surface area contributed by atoms with Gasteiger partial charge in [0.05, 0.1) is 0 Å². The van der Waals surface area contributed by atoms with Gasteiger partial charge in [0, 0.05) is 31.4 Å². The summed E-state index contributed by atoms with van der Waals surface area (Å²) in [7, 11) is 0. The molecule has 3 nitrogen and oxygen atoms in total. The molecule has 1 aromatic heterocycles. The number of pyridine rings is 1. The summed E-state index contributed by atoms with van der Waals surface area (Å²) in [6, 6.07) is 3.48. The van der Waals surface area contributed by atoms with Crippen LogP contribution in [-0.4, -0.2) is 24.6 Å². The Kier molecular flexibility index (Phi) is 2.74. The van der Waals surface area contributed by atoms with Crippen molar-refractivity contribution in [2.24, 2.45) is 0 Å². The van der Waals surface area contributed by atoms with Crippen LogP contribution in [0, 0.1) is 12.9 Å². The van der Waals surface area contributed by atoms with Crippen molar-refractivity contribution in [2.45, 2.75) is 13.0 Å². The van der Waals surface area contributed by atoms with E-state index in [1.807, 2.05) is 13.0 Å². The van der Waals surface area contributed by atoms with Gasteiger partial charge in [-0.15, -0.1) is 0 Å². The third-order valence-electron chi connectivity index (χ3n) is 2.51. The molecule has 0 unspecified atom stereocenters. The molecule has 2 N–H and O–H groups in total. The number of halogens is 1. The first-order chi connectivity index (χ1) is 6.77. The lowest BCUT2D eigenvalue weighted by atomic mass is 10.0.